The molecular formula is C27H27F3N4O2. The van der Waals surface area contributed by atoms with E-state index < -0.39 is 29.8 Å². The first kappa shape index (κ1) is 25.2. The summed E-state index contributed by atoms with van der Waals surface area (Å²) in [5.74, 6) is -1.58. The van der Waals surface area contributed by atoms with Gasteiger partial charge in [-0.1, -0.05) is 42.5 Å². The van der Waals surface area contributed by atoms with Gasteiger partial charge < -0.3 is 15.8 Å². The minimum absolute atomic E-state index is 0.431. The van der Waals surface area contributed by atoms with Gasteiger partial charge in [0.2, 0.25) is 0 Å². The normalized spacial score (nSPS) is 13.9. The number of rotatable bonds is 7. The van der Waals surface area contributed by atoms with Crippen molar-refractivity contribution < 1.29 is 22.7 Å². The van der Waals surface area contributed by atoms with Gasteiger partial charge in [-0.3, -0.25) is 4.79 Å². The van der Waals surface area contributed by atoms with Crippen LogP contribution < -0.4 is 15.8 Å². The molecule has 1 heterocycles. The predicted octanol–water partition coefficient (Wildman–Crippen LogP) is 5.41. The van der Waals surface area contributed by atoms with Gasteiger partial charge in [-0.05, 0) is 62.2 Å². The SMILES string of the molecule is C[C@H](NC(=O)C(F)(F)F)[C@H](Oc1ccc2c(cnn2-c2cccc(C(C)(C)N)c2)c1)c1ccccc1. The zero-order chi connectivity index (χ0) is 26.1. The Kier molecular flexibility index (Phi) is 6.77. The number of benzene rings is 3. The maximum absolute atomic E-state index is 12.8. The van der Waals surface area contributed by atoms with Crippen LogP contribution in [-0.4, -0.2) is 27.9 Å². The van der Waals surface area contributed by atoms with Gasteiger partial charge in [-0.15, -0.1) is 0 Å². The molecule has 0 aliphatic rings. The zero-order valence-corrected chi connectivity index (χ0v) is 20.1. The first-order valence-electron chi connectivity index (χ1n) is 11.4. The molecule has 0 bridgehead atoms. The van der Waals surface area contributed by atoms with Crippen molar-refractivity contribution in [1.29, 1.82) is 0 Å². The fraction of sp³-hybridized carbons (Fsp3) is 0.259. The number of halogens is 3. The lowest BCUT2D eigenvalue weighted by atomic mass is 9.95. The van der Waals surface area contributed by atoms with Crippen LogP contribution >= 0.6 is 0 Å². The van der Waals surface area contributed by atoms with Crippen LogP contribution in [0.1, 0.15) is 38.0 Å². The number of nitrogens with zero attached hydrogens (tertiary/aromatic N) is 2. The summed E-state index contributed by atoms with van der Waals surface area (Å²) in [5.41, 5.74) is 9.00. The van der Waals surface area contributed by atoms with Gasteiger partial charge in [-0.25, -0.2) is 4.68 Å². The van der Waals surface area contributed by atoms with Crippen molar-refractivity contribution in [2.75, 3.05) is 0 Å². The molecule has 0 aliphatic carbocycles. The van der Waals surface area contributed by atoms with E-state index >= 15 is 0 Å². The number of carbonyl (C=O) groups is 1. The Morgan fingerprint density at radius 2 is 1.75 bits per heavy atom. The van der Waals surface area contributed by atoms with Crippen molar-refractivity contribution in [3.63, 3.8) is 0 Å². The van der Waals surface area contributed by atoms with E-state index in [9.17, 15) is 18.0 Å². The molecule has 0 spiro atoms. The second-order valence-corrected chi connectivity index (χ2v) is 9.26. The minimum Gasteiger partial charge on any atom is -0.484 e. The van der Waals surface area contributed by atoms with E-state index in [0.29, 0.717) is 11.3 Å². The Morgan fingerprint density at radius 1 is 1.03 bits per heavy atom. The van der Waals surface area contributed by atoms with E-state index in [1.807, 2.05) is 49.5 Å². The number of hydrogen-bond acceptors (Lipinski definition) is 4. The van der Waals surface area contributed by atoms with Crippen LogP contribution in [0.4, 0.5) is 13.2 Å². The molecule has 0 saturated carbocycles. The van der Waals surface area contributed by atoms with Gasteiger partial charge in [0.05, 0.1) is 23.4 Å². The van der Waals surface area contributed by atoms with Crippen LogP contribution in [0.15, 0.2) is 79.0 Å². The lowest BCUT2D eigenvalue weighted by Gasteiger charge is -2.27. The summed E-state index contributed by atoms with van der Waals surface area (Å²) in [6.45, 7) is 5.33. The second kappa shape index (κ2) is 9.66. The van der Waals surface area contributed by atoms with Crippen molar-refractivity contribution in [1.82, 2.24) is 15.1 Å². The highest BCUT2D eigenvalue weighted by Gasteiger charge is 2.40. The van der Waals surface area contributed by atoms with Crippen LogP contribution in [0, 0.1) is 0 Å². The highest BCUT2D eigenvalue weighted by atomic mass is 19.4. The summed E-state index contributed by atoms with van der Waals surface area (Å²) in [7, 11) is 0. The number of carbonyl (C=O) groups excluding carboxylic acids is 1. The van der Waals surface area contributed by atoms with Crippen molar-refractivity contribution in [2.24, 2.45) is 5.73 Å². The quantitative estimate of drug-likeness (QED) is 0.359. The Bertz CT molecular complexity index is 1360. The molecule has 0 radical (unpaired) electrons. The summed E-state index contributed by atoms with van der Waals surface area (Å²) >= 11 is 0. The smallest absolute Gasteiger partial charge is 0.471 e. The largest absolute Gasteiger partial charge is 0.484 e. The number of amides is 1. The second-order valence-electron chi connectivity index (χ2n) is 9.26. The third kappa shape index (κ3) is 5.52. The fourth-order valence-electron chi connectivity index (χ4n) is 3.94. The monoisotopic (exact) mass is 496 g/mol. The lowest BCUT2D eigenvalue weighted by Crippen LogP contribution is -2.45. The Hall–Kier alpha value is -3.85. The number of fused-ring (bicyclic) bond motifs is 1. The van der Waals surface area contributed by atoms with Gasteiger partial charge in [0.25, 0.3) is 0 Å². The fourth-order valence-corrected chi connectivity index (χ4v) is 3.94. The molecule has 3 N–H and O–H groups in total. The third-order valence-electron chi connectivity index (χ3n) is 5.84. The molecule has 9 heteroatoms. The van der Waals surface area contributed by atoms with E-state index in [1.54, 1.807) is 53.3 Å². The first-order chi connectivity index (χ1) is 16.9. The van der Waals surface area contributed by atoms with E-state index in [4.69, 9.17) is 10.5 Å². The summed E-state index contributed by atoms with van der Waals surface area (Å²) < 4.78 is 46.4. The van der Waals surface area contributed by atoms with E-state index in [0.717, 1.165) is 22.2 Å². The Balaban J connectivity index is 1.64. The molecule has 6 nitrogen and oxygen atoms in total. The average molecular weight is 497 g/mol. The van der Waals surface area contributed by atoms with Gasteiger partial charge in [-0.2, -0.15) is 18.3 Å². The summed E-state index contributed by atoms with van der Waals surface area (Å²) in [4.78, 5) is 11.6. The highest BCUT2D eigenvalue weighted by Crippen LogP contribution is 2.30. The van der Waals surface area contributed by atoms with Crippen molar-refractivity contribution >= 4 is 16.8 Å². The summed E-state index contributed by atoms with van der Waals surface area (Å²) in [5, 5.41) is 7.29. The molecule has 0 aliphatic heterocycles. The van der Waals surface area contributed by atoms with Crippen LogP contribution in [-0.2, 0) is 10.3 Å². The molecule has 3 aromatic carbocycles. The lowest BCUT2D eigenvalue weighted by molar-refractivity contribution is -0.174. The molecule has 188 valence electrons. The molecule has 4 aromatic rings. The van der Waals surface area contributed by atoms with E-state index in [2.05, 4.69) is 5.10 Å². The zero-order valence-electron chi connectivity index (χ0n) is 20.1. The van der Waals surface area contributed by atoms with Crippen LogP contribution in [0.3, 0.4) is 0 Å². The molecule has 4 rings (SSSR count). The van der Waals surface area contributed by atoms with Crippen LogP contribution in [0.25, 0.3) is 16.6 Å². The van der Waals surface area contributed by atoms with E-state index in [1.165, 1.54) is 6.92 Å². The van der Waals surface area contributed by atoms with Crippen molar-refractivity contribution in [3.05, 3.63) is 90.1 Å². The molecule has 1 aromatic heterocycles. The molecule has 2 atom stereocenters. The van der Waals surface area contributed by atoms with Gasteiger partial charge in [0.1, 0.15) is 11.9 Å². The van der Waals surface area contributed by atoms with E-state index in [-0.39, 0.29) is 0 Å². The maximum atomic E-state index is 12.8. The number of nitrogens with one attached hydrogen (secondary N) is 1. The van der Waals surface area contributed by atoms with Crippen LogP contribution in [0.5, 0.6) is 5.75 Å². The Labute approximate surface area is 206 Å². The predicted molar refractivity (Wildman–Crippen MR) is 132 cm³/mol. The van der Waals surface area contributed by atoms with Gasteiger partial charge in [0.15, 0.2) is 0 Å². The van der Waals surface area contributed by atoms with Crippen molar-refractivity contribution in [3.8, 4) is 11.4 Å². The first-order valence-corrected chi connectivity index (χ1v) is 11.4. The third-order valence-corrected chi connectivity index (χ3v) is 5.84. The van der Waals surface area contributed by atoms with Crippen molar-refractivity contribution in [2.45, 2.75) is 44.6 Å². The Morgan fingerprint density at radius 3 is 2.42 bits per heavy atom. The molecule has 1 amide bonds. The highest BCUT2D eigenvalue weighted by molar-refractivity contribution is 5.82. The summed E-state index contributed by atoms with van der Waals surface area (Å²) in [6.07, 6.45) is -4.15. The number of ether oxygens (including phenoxy) is 1. The minimum atomic E-state index is -4.99. The molecule has 0 unspecified atom stereocenters. The average Bonchev–Trinajstić information content (AvgIpc) is 3.25. The molecular weight excluding hydrogens is 469 g/mol. The van der Waals surface area contributed by atoms with Gasteiger partial charge >= 0.3 is 12.1 Å². The molecule has 36 heavy (non-hydrogen) atoms. The molecule has 0 saturated heterocycles. The molecule has 0 fully saturated rings. The van der Waals surface area contributed by atoms with Gasteiger partial charge in [0, 0.05) is 10.9 Å². The maximum Gasteiger partial charge on any atom is 0.471 e. The topological polar surface area (TPSA) is 82.2 Å². The number of hydrogen-bond donors (Lipinski definition) is 2. The number of nitrogens with two attached hydrogens (primary N) is 1. The standard InChI is InChI=1S/C27H27F3N4O2/c1-17(33-25(35)27(28,29)30)24(18-8-5-4-6-9-18)36-22-12-13-23-19(14-22)16-32-34(23)21-11-7-10-20(15-21)26(2,3)31/h4-17,24H,31H2,1-3H3,(H,33,35)/t17-,24-/m0/s1. The summed E-state index contributed by atoms with van der Waals surface area (Å²) in [6, 6.07) is 21.0. The number of alkyl halides is 3. The number of aromatic nitrogens is 2. The van der Waals surface area contributed by atoms with Crippen LogP contribution in [0.2, 0.25) is 0 Å².